The maximum atomic E-state index is 12.3. The molecule has 0 saturated heterocycles. The van der Waals surface area contributed by atoms with Crippen molar-refractivity contribution >= 4 is 12.0 Å². The fraction of sp³-hybridized carbons (Fsp3) is 0.286. The molecule has 0 unspecified atom stereocenters. The van der Waals surface area contributed by atoms with E-state index < -0.39 is 6.61 Å². The number of ether oxygens (including phenoxy) is 3. The molecule has 2 rings (SSSR count). The molecular weight excluding hydrogens is 368 g/mol. The molecule has 0 saturated carbocycles. The lowest BCUT2D eigenvalue weighted by molar-refractivity contribution is -0.116. The molecule has 1 amide bonds. The normalized spacial score (nSPS) is 11.1. The molecule has 150 valence electrons. The van der Waals surface area contributed by atoms with Gasteiger partial charge in [-0.3, -0.25) is 4.79 Å². The molecule has 0 aliphatic heterocycles. The molecule has 0 aliphatic carbocycles. The van der Waals surface area contributed by atoms with Gasteiger partial charge in [0.15, 0.2) is 11.5 Å². The third-order valence-electron chi connectivity index (χ3n) is 3.59. The van der Waals surface area contributed by atoms with Crippen LogP contribution in [0.15, 0.2) is 48.5 Å². The molecule has 0 bridgehead atoms. The first-order valence-electron chi connectivity index (χ1n) is 8.71. The van der Waals surface area contributed by atoms with Gasteiger partial charge in [0.1, 0.15) is 5.75 Å². The van der Waals surface area contributed by atoms with Crippen LogP contribution in [0.2, 0.25) is 0 Å². The second-order valence-electron chi connectivity index (χ2n) is 6.15. The van der Waals surface area contributed by atoms with Crippen molar-refractivity contribution in [3.05, 3.63) is 59.7 Å². The van der Waals surface area contributed by atoms with Crippen molar-refractivity contribution < 1.29 is 27.8 Å². The molecule has 0 radical (unpaired) electrons. The molecule has 2 aromatic carbocycles. The number of carbonyl (C=O) groups excluding carboxylic acids is 1. The van der Waals surface area contributed by atoms with E-state index in [-0.39, 0.29) is 23.5 Å². The zero-order valence-electron chi connectivity index (χ0n) is 15.9. The molecule has 0 spiro atoms. The summed E-state index contributed by atoms with van der Waals surface area (Å²) in [5, 5.41) is 2.77. The molecular formula is C21H23F2NO4. The van der Waals surface area contributed by atoms with Gasteiger partial charge in [0, 0.05) is 12.6 Å². The summed E-state index contributed by atoms with van der Waals surface area (Å²) in [5.74, 6) is 0.586. The molecule has 0 atom stereocenters. The van der Waals surface area contributed by atoms with E-state index >= 15 is 0 Å². The van der Waals surface area contributed by atoms with Crippen LogP contribution in [0.4, 0.5) is 8.78 Å². The Balaban J connectivity index is 1.91. The van der Waals surface area contributed by atoms with Crippen LogP contribution in [0.5, 0.6) is 17.2 Å². The number of hydrogen-bond acceptors (Lipinski definition) is 4. The van der Waals surface area contributed by atoms with Gasteiger partial charge in [-0.2, -0.15) is 8.78 Å². The van der Waals surface area contributed by atoms with Crippen LogP contribution in [0.25, 0.3) is 6.08 Å². The third kappa shape index (κ3) is 6.90. The zero-order valence-corrected chi connectivity index (χ0v) is 15.9. The van der Waals surface area contributed by atoms with Crippen LogP contribution in [0.1, 0.15) is 25.0 Å². The van der Waals surface area contributed by atoms with E-state index in [1.807, 2.05) is 38.1 Å². The van der Waals surface area contributed by atoms with Gasteiger partial charge in [-0.15, -0.1) is 0 Å². The Kier molecular flexibility index (Phi) is 7.80. The minimum absolute atomic E-state index is 0.0657. The van der Waals surface area contributed by atoms with Gasteiger partial charge in [0.05, 0.1) is 13.2 Å². The van der Waals surface area contributed by atoms with Crippen LogP contribution in [0, 0.1) is 0 Å². The van der Waals surface area contributed by atoms with Crippen molar-refractivity contribution in [2.24, 2.45) is 0 Å². The topological polar surface area (TPSA) is 56.8 Å². The number of amides is 1. The standard InChI is InChI=1S/C21H23F2NO4/c1-14(2)27-17-8-4-16(5-9-17)13-24-20(25)11-7-15-6-10-18(28-21(22)23)19(12-15)26-3/h4-12,14,21H,13H2,1-3H3,(H,24,25)/b11-7+. The van der Waals surface area contributed by atoms with E-state index in [2.05, 4.69) is 10.1 Å². The summed E-state index contributed by atoms with van der Waals surface area (Å²) < 4.78 is 39.6. The van der Waals surface area contributed by atoms with Gasteiger partial charge in [0.2, 0.25) is 5.91 Å². The SMILES string of the molecule is COc1cc(/C=C/C(=O)NCc2ccc(OC(C)C)cc2)ccc1OC(F)F. The fourth-order valence-corrected chi connectivity index (χ4v) is 2.36. The minimum Gasteiger partial charge on any atom is -0.493 e. The maximum absolute atomic E-state index is 12.3. The van der Waals surface area contributed by atoms with E-state index in [1.165, 1.54) is 25.3 Å². The lowest BCUT2D eigenvalue weighted by atomic mass is 10.2. The number of alkyl halides is 2. The lowest BCUT2D eigenvalue weighted by Crippen LogP contribution is -2.20. The summed E-state index contributed by atoms with van der Waals surface area (Å²) in [5.41, 5.74) is 1.55. The number of hydrogen-bond donors (Lipinski definition) is 1. The zero-order chi connectivity index (χ0) is 20.5. The van der Waals surface area contributed by atoms with E-state index in [0.717, 1.165) is 11.3 Å². The van der Waals surface area contributed by atoms with Gasteiger partial charge >= 0.3 is 6.61 Å². The lowest BCUT2D eigenvalue weighted by Gasteiger charge is -2.10. The summed E-state index contributed by atoms with van der Waals surface area (Å²) in [6.45, 7) is 1.34. The summed E-state index contributed by atoms with van der Waals surface area (Å²) >= 11 is 0. The van der Waals surface area contributed by atoms with Gasteiger partial charge < -0.3 is 19.5 Å². The summed E-state index contributed by atoms with van der Waals surface area (Å²) in [6.07, 6.45) is 3.02. The molecule has 0 fully saturated rings. The number of nitrogens with one attached hydrogen (secondary N) is 1. The van der Waals surface area contributed by atoms with Crippen molar-refractivity contribution in [3.63, 3.8) is 0 Å². The second kappa shape index (κ2) is 10.3. The average Bonchev–Trinajstić information content (AvgIpc) is 2.65. The monoisotopic (exact) mass is 391 g/mol. The smallest absolute Gasteiger partial charge is 0.387 e. The fourth-order valence-electron chi connectivity index (χ4n) is 2.36. The highest BCUT2D eigenvalue weighted by Crippen LogP contribution is 2.29. The van der Waals surface area contributed by atoms with Gasteiger partial charge in [-0.25, -0.2) is 0 Å². The molecule has 1 N–H and O–H groups in total. The Labute approximate surface area is 162 Å². The summed E-state index contributed by atoms with van der Waals surface area (Å²) in [6, 6.07) is 11.9. The summed E-state index contributed by atoms with van der Waals surface area (Å²) in [4.78, 5) is 12.0. The maximum Gasteiger partial charge on any atom is 0.387 e. The third-order valence-corrected chi connectivity index (χ3v) is 3.59. The van der Waals surface area contributed by atoms with E-state index in [9.17, 15) is 13.6 Å². The molecule has 0 heterocycles. The van der Waals surface area contributed by atoms with Crippen molar-refractivity contribution in [2.75, 3.05) is 7.11 Å². The van der Waals surface area contributed by atoms with E-state index in [1.54, 1.807) is 12.1 Å². The van der Waals surface area contributed by atoms with Crippen LogP contribution in [-0.4, -0.2) is 25.7 Å². The molecule has 0 aliphatic rings. The molecule has 0 aromatic heterocycles. The van der Waals surface area contributed by atoms with Crippen LogP contribution >= 0.6 is 0 Å². The highest BCUT2D eigenvalue weighted by molar-refractivity contribution is 5.91. The first-order chi connectivity index (χ1) is 13.4. The van der Waals surface area contributed by atoms with Crippen molar-refractivity contribution in [2.45, 2.75) is 33.1 Å². The van der Waals surface area contributed by atoms with Gasteiger partial charge in [-0.1, -0.05) is 18.2 Å². The number of benzene rings is 2. The Hall–Kier alpha value is -3.09. The molecule has 5 nitrogen and oxygen atoms in total. The number of methoxy groups -OCH3 is 1. The Bertz CT molecular complexity index is 805. The minimum atomic E-state index is -2.94. The number of halogens is 2. The van der Waals surface area contributed by atoms with Crippen molar-refractivity contribution in [3.8, 4) is 17.2 Å². The predicted molar refractivity (Wildman–Crippen MR) is 103 cm³/mol. The highest BCUT2D eigenvalue weighted by atomic mass is 19.3. The predicted octanol–water partition coefficient (Wildman–Crippen LogP) is 4.41. The Morgan fingerprint density at radius 1 is 1.07 bits per heavy atom. The first kappa shape index (κ1) is 21.2. The van der Waals surface area contributed by atoms with Crippen LogP contribution < -0.4 is 19.5 Å². The van der Waals surface area contributed by atoms with Crippen LogP contribution in [0.3, 0.4) is 0 Å². The first-order valence-corrected chi connectivity index (χ1v) is 8.71. The van der Waals surface area contributed by atoms with Crippen molar-refractivity contribution in [1.29, 1.82) is 0 Å². The van der Waals surface area contributed by atoms with E-state index in [4.69, 9.17) is 9.47 Å². The van der Waals surface area contributed by atoms with Crippen LogP contribution in [-0.2, 0) is 11.3 Å². The largest absolute Gasteiger partial charge is 0.493 e. The average molecular weight is 391 g/mol. The quantitative estimate of drug-likeness (QED) is 0.643. The Morgan fingerprint density at radius 2 is 1.79 bits per heavy atom. The van der Waals surface area contributed by atoms with Crippen molar-refractivity contribution in [1.82, 2.24) is 5.32 Å². The van der Waals surface area contributed by atoms with Gasteiger partial charge in [-0.05, 0) is 55.3 Å². The highest BCUT2D eigenvalue weighted by Gasteiger charge is 2.10. The number of rotatable bonds is 9. The van der Waals surface area contributed by atoms with E-state index in [0.29, 0.717) is 12.1 Å². The number of carbonyl (C=O) groups is 1. The summed E-state index contributed by atoms with van der Waals surface area (Å²) in [7, 11) is 1.35. The second-order valence-corrected chi connectivity index (χ2v) is 6.15. The molecule has 7 heteroatoms. The Morgan fingerprint density at radius 3 is 2.39 bits per heavy atom. The molecule has 2 aromatic rings. The van der Waals surface area contributed by atoms with Gasteiger partial charge in [0.25, 0.3) is 0 Å². The molecule has 28 heavy (non-hydrogen) atoms.